The van der Waals surface area contributed by atoms with Crippen molar-refractivity contribution in [3.05, 3.63) is 29.8 Å². The fourth-order valence-electron chi connectivity index (χ4n) is 1.57. The van der Waals surface area contributed by atoms with Gasteiger partial charge >= 0.3 is 0 Å². The average molecular weight is 237 g/mol. The molecule has 4 nitrogen and oxygen atoms in total. The monoisotopic (exact) mass is 237 g/mol. The van der Waals surface area contributed by atoms with Crippen LogP contribution < -0.4 is 4.74 Å². The van der Waals surface area contributed by atoms with E-state index < -0.39 is 0 Å². The number of likely N-dealkylation sites (N-methyl/N-ethyl adjacent to an activating group) is 1. The highest BCUT2D eigenvalue weighted by Crippen LogP contribution is 2.13. The molecule has 0 spiro atoms. The molecule has 0 aliphatic rings. The third-order valence-corrected chi connectivity index (χ3v) is 2.45. The number of nitrogens with zero attached hydrogens (tertiary/aromatic N) is 1. The van der Waals surface area contributed by atoms with E-state index in [1.165, 1.54) is 0 Å². The molecule has 0 unspecified atom stereocenters. The molecule has 1 aromatic carbocycles. The smallest absolute Gasteiger partial charge is 0.253 e. The van der Waals surface area contributed by atoms with Gasteiger partial charge in [-0.15, -0.1) is 0 Å². The first-order valence-corrected chi connectivity index (χ1v) is 5.85. The molecule has 0 aromatic heterocycles. The van der Waals surface area contributed by atoms with Gasteiger partial charge in [0.1, 0.15) is 5.75 Å². The maximum absolute atomic E-state index is 12.0. The van der Waals surface area contributed by atoms with Crippen LogP contribution in [-0.2, 0) is 0 Å². The molecule has 1 N–H and O–H groups in total. The van der Waals surface area contributed by atoms with Crippen molar-refractivity contribution in [2.24, 2.45) is 0 Å². The van der Waals surface area contributed by atoms with Gasteiger partial charge < -0.3 is 14.7 Å². The summed E-state index contributed by atoms with van der Waals surface area (Å²) < 4.78 is 5.31. The first-order valence-electron chi connectivity index (χ1n) is 5.85. The van der Waals surface area contributed by atoms with Crippen LogP contribution >= 0.6 is 0 Å². The van der Waals surface area contributed by atoms with Gasteiger partial charge in [0.15, 0.2) is 0 Å². The molecule has 0 saturated heterocycles. The number of rotatable bonds is 6. The van der Waals surface area contributed by atoms with Crippen molar-refractivity contribution in [1.29, 1.82) is 0 Å². The lowest BCUT2D eigenvalue weighted by molar-refractivity contribution is 0.0732. The zero-order valence-electron chi connectivity index (χ0n) is 10.3. The first-order chi connectivity index (χ1) is 8.22. The van der Waals surface area contributed by atoms with Crippen molar-refractivity contribution < 1.29 is 14.6 Å². The summed E-state index contributed by atoms with van der Waals surface area (Å²) in [5.41, 5.74) is 0.615. The molecule has 0 aliphatic heterocycles. The van der Waals surface area contributed by atoms with Crippen LogP contribution in [0.3, 0.4) is 0 Å². The molecule has 0 bridgehead atoms. The second-order valence-corrected chi connectivity index (χ2v) is 3.57. The van der Waals surface area contributed by atoms with Crippen molar-refractivity contribution in [3.8, 4) is 5.75 Å². The number of hydrogen-bond donors (Lipinski definition) is 1. The van der Waals surface area contributed by atoms with Gasteiger partial charge in [-0.05, 0) is 38.1 Å². The topological polar surface area (TPSA) is 49.8 Å². The van der Waals surface area contributed by atoms with Crippen molar-refractivity contribution >= 4 is 5.91 Å². The maximum atomic E-state index is 12.0. The van der Waals surface area contributed by atoms with E-state index in [0.29, 0.717) is 25.3 Å². The highest BCUT2D eigenvalue weighted by Gasteiger charge is 2.13. The third kappa shape index (κ3) is 3.75. The molecule has 1 aromatic rings. The van der Waals surface area contributed by atoms with Crippen molar-refractivity contribution in [2.75, 3.05) is 26.3 Å². The highest BCUT2D eigenvalue weighted by molar-refractivity contribution is 5.94. The van der Waals surface area contributed by atoms with Crippen molar-refractivity contribution in [2.45, 2.75) is 13.8 Å². The number of benzene rings is 1. The summed E-state index contributed by atoms with van der Waals surface area (Å²) in [6.45, 7) is 5.35. The summed E-state index contributed by atoms with van der Waals surface area (Å²) in [6.07, 6.45) is 0. The van der Waals surface area contributed by atoms with E-state index in [-0.39, 0.29) is 12.5 Å². The van der Waals surface area contributed by atoms with Crippen LogP contribution in [0.2, 0.25) is 0 Å². The van der Waals surface area contributed by atoms with Crippen LogP contribution in [0.15, 0.2) is 24.3 Å². The Labute approximate surface area is 102 Å². The first kappa shape index (κ1) is 13.5. The van der Waals surface area contributed by atoms with Crippen LogP contribution in [0.5, 0.6) is 5.75 Å². The Hall–Kier alpha value is -1.55. The fourth-order valence-corrected chi connectivity index (χ4v) is 1.57. The van der Waals surface area contributed by atoms with E-state index >= 15 is 0 Å². The van der Waals surface area contributed by atoms with Gasteiger partial charge in [0.05, 0.1) is 13.2 Å². The molecule has 1 amide bonds. The highest BCUT2D eigenvalue weighted by atomic mass is 16.5. The average Bonchev–Trinajstić information content (AvgIpc) is 2.36. The molecule has 4 heteroatoms. The summed E-state index contributed by atoms with van der Waals surface area (Å²) in [4.78, 5) is 13.6. The van der Waals surface area contributed by atoms with Gasteiger partial charge in [-0.3, -0.25) is 4.79 Å². The van der Waals surface area contributed by atoms with E-state index in [2.05, 4.69) is 0 Å². The quantitative estimate of drug-likeness (QED) is 0.816. The van der Waals surface area contributed by atoms with Crippen LogP contribution in [-0.4, -0.2) is 42.2 Å². The minimum Gasteiger partial charge on any atom is -0.494 e. The number of carbonyl (C=O) groups is 1. The molecule has 0 radical (unpaired) electrons. The Morgan fingerprint density at radius 2 is 1.94 bits per heavy atom. The Kier molecular flexibility index (Phi) is 5.49. The van der Waals surface area contributed by atoms with E-state index in [1.807, 2.05) is 13.8 Å². The van der Waals surface area contributed by atoms with Gasteiger partial charge in [0, 0.05) is 18.7 Å². The molecular formula is C13H19NO3. The number of ether oxygens (including phenoxy) is 1. The Bertz CT molecular complexity index is 348. The second-order valence-electron chi connectivity index (χ2n) is 3.57. The SMILES string of the molecule is CCOc1ccc(C(=O)N(CC)CCO)cc1. The van der Waals surface area contributed by atoms with E-state index in [4.69, 9.17) is 9.84 Å². The summed E-state index contributed by atoms with van der Waals surface area (Å²) in [7, 11) is 0. The van der Waals surface area contributed by atoms with Crippen LogP contribution in [0, 0.1) is 0 Å². The molecular weight excluding hydrogens is 218 g/mol. The lowest BCUT2D eigenvalue weighted by Gasteiger charge is -2.19. The zero-order valence-corrected chi connectivity index (χ0v) is 10.3. The molecule has 0 fully saturated rings. The van der Waals surface area contributed by atoms with E-state index in [1.54, 1.807) is 29.2 Å². The Balaban J connectivity index is 2.74. The normalized spacial score (nSPS) is 10.1. The van der Waals surface area contributed by atoms with Crippen molar-refractivity contribution in [3.63, 3.8) is 0 Å². The molecule has 0 atom stereocenters. The van der Waals surface area contributed by atoms with Gasteiger partial charge in [-0.1, -0.05) is 0 Å². The molecule has 94 valence electrons. The summed E-state index contributed by atoms with van der Waals surface area (Å²) in [5.74, 6) is 0.693. The minimum atomic E-state index is -0.0652. The number of hydrogen-bond acceptors (Lipinski definition) is 3. The van der Waals surface area contributed by atoms with Crippen LogP contribution in [0.1, 0.15) is 24.2 Å². The van der Waals surface area contributed by atoms with Gasteiger partial charge in [-0.2, -0.15) is 0 Å². The predicted molar refractivity (Wildman–Crippen MR) is 66.3 cm³/mol. The van der Waals surface area contributed by atoms with E-state index in [0.717, 1.165) is 5.75 Å². The van der Waals surface area contributed by atoms with E-state index in [9.17, 15) is 4.79 Å². The zero-order chi connectivity index (χ0) is 12.7. The summed E-state index contributed by atoms with van der Waals surface area (Å²) >= 11 is 0. The molecule has 17 heavy (non-hydrogen) atoms. The molecule has 0 saturated carbocycles. The van der Waals surface area contributed by atoms with Crippen molar-refractivity contribution in [1.82, 2.24) is 4.90 Å². The number of aliphatic hydroxyl groups is 1. The van der Waals surface area contributed by atoms with Gasteiger partial charge in [0.25, 0.3) is 5.91 Å². The molecule has 1 rings (SSSR count). The number of aliphatic hydroxyl groups excluding tert-OH is 1. The summed E-state index contributed by atoms with van der Waals surface area (Å²) in [5, 5.41) is 8.86. The lowest BCUT2D eigenvalue weighted by Crippen LogP contribution is -2.33. The molecule has 0 heterocycles. The number of carbonyl (C=O) groups excluding carboxylic acids is 1. The third-order valence-electron chi connectivity index (χ3n) is 2.45. The maximum Gasteiger partial charge on any atom is 0.253 e. The fraction of sp³-hybridized carbons (Fsp3) is 0.462. The predicted octanol–water partition coefficient (Wildman–Crippen LogP) is 1.54. The van der Waals surface area contributed by atoms with Crippen LogP contribution in [0.4, 0.5) is 0 Å². The second kappa shape index (κ2) is 6.91. The largest absolute Gasteiger partial charge is 0.494 e. The van der Waals surface area contributed by atoms with Crippen LogP contribution in [0.25, 0.3) is 0 Å². The lowest BCUT2D eigenvalue weighted by atomic mass is 10.2. The van der Waals surface area contributed by atoms with Gasteiger partial charge in [-0.25, -0.2) is 0 Å². The minimum absolute atomic E-state index is 0.0173. The number of amides is 1. The molecule has 0 aliphatic carbocycles. The summed E-state index contributed by atoms with van der Waals surface area (Å²) in [6, 6.07) is 7.05. The Morgan fingerprint density at radius 1 is 1.29 bits per heavy atom. The standard InChI is InChI=1S/C13H19NO3/c1-3-14(9-10-15)13(16)11-5-7-12(8-6-11)17-4-2/h5-8,15H,3-4,9-10H2,1-2H3. The Morgan fingerprint density at radius 3 is 2.41 bits per heavy atom. The van der Waals surface area contributed by atoms with Gasteiger partial charge in [0.2, 0.25) is 0 Å².